The van der Waals surface area contributed by atoms with Gasteiger partial charge in [-0.2, -0.15) is 0 Å². The molecule has 0 saturated carbocycles. The first-order valence-electron chi connectivity index (χ1n) is 6.23. The van der Waals surface area contributed by atoms with Crippen molar-refractivity contribution in [2.45, 2.75) is 34.1 Å². The molecule has 2 aromatic rings. The van der Waals surface area contributed by atoms with Crippen molar-refractivity contribution in [3.05, 3.63) is 48.7 Å². The minimum atomic E-state index is 1.08. The van der Waals surface area contributed by atoms with Crippen LogP contribution in [-0.4, -0.2) is 9.59 Å². The van der Waals surface area contributed by atoms with Crippen LogP contribution in [0, 0.1) is 6.92 Å². The van der Waals surface area contributed by atoms with Crippen LogP contribution in [0.3, 0.4) is 0 Å². The lowest BCUT2D eigenvalue weighted by Crippen LogP contribution is -1.73. The second kappa shape index (κ2) is 10.7. The Balaban J connectivity index is 0.000000415. The molecule has 2 rings (SSSR count). The third-order valence-electron chi connectivity index (χ3n) is 1.99. The van der Waals surface area contributed by atoms with Crippen LogP contribution in [0.25, 0.3) is 10.4 Å². The number of allylic oxidation sites excluding steroid dienone is 1. The van der Waals surface area contributed by atoms with Crippen LogP contribution in [0.1, 0.15) is 32.8 Å². The second-order valence-corrected chi connectivity index (χ2v) is 4.13. The van der Waals surface area contributed by atoms with Crippen molar-refractivity contribution in [2.75, 3.05) is 0 Å². The minimum Gasteiger partial charge on any atom is -0.146 e. The topological polar surface area (TPSA) is 25.8 Å². The molecule has 0 amide bonds. The summed E-state index contributed by atoms with van der Waals surface area (Å²) in [6.45, 7) is 11.6. The van der Waals surface area contributed by atoms with Gasteiger partial charge in [-0.15, -0.1) is 11.7 Å². The van der Waals surface area contributed by atoms with Gasteiger partial charge in [0, 0.05) is 0 Å². The molecule has 0 saturated heterocycles. The Kier molecular flexibility index (Phi) is 9.78. The van der Waals surface area contributed by atoms with Crippen molar-refractivity contribution >= 4 is 11.5 Å². The van der Waals surface area contributed by atoms with E-state index in [1.165, 1.54) is 22.7 Å². The lowest BCUT2D eigenvalue weighted by molar-refractivity contribution is 1.16. The predicted octanol–water partition coefficient (Wildman–Crippen LogP) is 5.12. The van der Waals surface area contributed by atoms with Crippen LogP contribution in [-0.2, 0) is 0 Å². The van der Waals surface area contributed by atoms with E-state index in [1.54, 1.807) is 6.20 Å². The van der Waals surface area contributed by atoms with E-state index in [0.717, 1.165) is 11.3 Å². The van der Waals surface area contributed by atoms with E-state index >= 15 is 0 Å². The van der Waals surface area contributed by atoms with Gasteiger partial charge >= 0.3 is 0 Å². The highest BCUT2D eigenvalue weighted by Gasteiger charge is 1.98. The lowest BCUT2D eigenvalue weighted by Gasteiger charge is -1.95. The van der Waals surface area contributed by atoms with Crippen LogP contribution >= 0.6 is 11.5 Å². The molecule has 1 heterocycles. The van der Waals surface area contributed by atoms with Crippen LogP contribution in [0.4, 0.5) is 0 Å². The van der Waals surface area contributed by atoms with Crippen molar-refractivity contribution in [2.24, 2.45) is 0 Å². The molecular weight excluding hydrogens is 240 g/mol. The molecule has 2 nitrogen and oxygen atoms in total. The van der Waals surface area contributed by atoms with Gasteiger partial charge in [0.05, 0.1) is 11.1 Å². The Labute approximate surface area is 115 Å². The summed E-state index contributed by atoms with van der Waals surface area (Å²) in [6.07, 6.45) is 4.75. The molecule has 0 fully saturated rings. The van der Waals surface area contributed by atoms with Crippen molar-refractivity contribution in [3.8, 4) is 10.4 Å². The number of aryl methyl sites for hydroxylation is 1. The number of rotatable bonds is 2. The first kappa shape index (κ1) is 16.5. The van der Waals surface area contributed by atoms with Gasteiger partial charge in [0.1, 0.15) is 0 Å². The van der Waals surface area contributed by atoms with Crippen LogP contribution in [0.15, 0.2) is 43.1 Å². The van der Waals surface area contributed by atoms with Gasteiger partial charge in [0.15, 0.2) is 0 Å². The smallest absolute Gasteiger partial charge is 0.0753 e. The molecule has 0 aliphatic carbocycles. The Hall–Kier alpha value is -1.48. The summed E-state index contributed by atoms with van der Waals surface area (Å²) in [7, 11) is 0. The molecule has 0 unspecified atom stereocenters. The molecular formula is C15H22N2S. The van der Waals surface area contributed by atoms with Gasteiger partial charge < -0.3 is 0 Å². The van der Waals surface area contributed by atoms with Gasteiger partial charge in [-0.1, -0.05) is 61.2 Å². The van der Waals surface area contributed by atoms with E-state index in [-0.39, 0.29) is 0 Å². The number of nitrogens with zero attached hydrogens (tertiary/aromatic N) is 2. The van der Waals surface area contributed by atoms with Gasteiger partial charge in [0.2, 0.25) is 0 Å². The molecule has 1 aromatic carbocycles. The Morgan fingerprint density at radius 2 is 1.78 bits per heavy atom. The summed E-state index contributed by atoms with van der Waals surface area (Å²) in [6, 6.07) is 8.36. The molecule has 0 radical (unpaired) electrons. The second-order valence-electron chi connectivity index (χ2n) is 3.34. The largest absolute Gasteiger partial charge is 0.146 e. The van der Waals surface area contributed by atoms with Crippen molar-refractivity contribution in [1.29, 1.82) is 0 Å². The third kappa shape index (κ3) is 6.30. The van der Waals surface area contributed by atoms with Gasteiger partial charge in [-0.3, -0.25) is 0 Å². The zero-order chi connectivity index (χ0) is 13.8. The van der Waals surface area contributed by atoms with Crippen LogP contribution < -0.4 is 0 Å². The quantitative estimate of drug-likeness (QED) is 0.702. The first-order valence-corrected chi connectivity index (χ1v) is 7.00. The maximum Gasteiger partial charge on any atom is 0.0753 e. The van der Waals surface area contributed by atoms with Crippen molar-refractivity contribution < 1.29 is 0 Å². The molecule has 0 N–H and O–H groups in total. The summed E-state index contributed by atoms with van der Waals surface area (Å²) in [5.41, 5.74) is 2.46. The standard InChI is InChI=1S/C9H8N2S.C4H8.C2H6/c1-7-2-4-8(5-3-7)9-6-10-11-12-9;1-3-4-2;1-2/h2-6H,1H3;3H,1,4H2,2H3;1-2H3. The molecule has 3 heteroatoms. The fourth-order valence-electron chi connectivity index (χ4n) is 1.01. The first-order chi connectivity index (χ1) is 8.77. The highest BCUT2D eigenvalue weighted by molar-refractivity contribution is 7.09. The van der Waals surface area contributed by atoms with Gasteiger partial charge in [-0.05, 0) is 30.4 Å². The molecule has 1 aromatic heterocycles. The number of benzene rings is 1. The highest BCUT2D eigenvalue weighted by atomic mass is 32.1. The Morgan fingerprint density at radius 3 is 2.17 bits per heavy atom. The summed E-state index contributed by atoms with van der Waals surface area (Å²) in [4.78, 5) is 1.12. The number of aromatic nitrogens is 2. The highest BCUT2D eigenvalue weighted by Crippen LogP contribution is 2.21. The molecule has 0 atom stereocenters. The van der Waals surface area contributed by atoms with E-state index in [2.05, 4.69) is 54.3 Å². The normalized spacial score (nSPS) is 8.44. The lowest BCUT2D eigenvalue weighted by atomic mass is 10.1. The number of hydrogen-bond donors (Lipinski definition) is 0. The van der Waals surface area contributed by atoms with E-state index in [9.17, 15) is 0 Å². The maximum atomic E-state index is 3.81. The molecule has 98 valence electrons. The molecule has 0 aliphatic rings. The molecule has 18 heavy (non-hydrogen) atoms. The molecule has 0 aliphatic heterocycles. The summed E-state index contributed by atoms with van der Waals surface area (Å²) in [5.74, 6) is 0. The summed E-state index contributed by atoms with van der Waals surface area (Å²) < 4.78 is 3.81. The van der Waals surface area contributed by atoms with Gasteiger partial charge in [0.25, 0.3) is 0 Å². The Bertz CT molecular complexity index is 405. The van der Waals surface area contributed by atoms with Crippen LogP contribution in [0.5, 0.6) is 0 Å². The maximum absolute atomic E-state index is 3.81. The fraction of sp³-hybridized carbons (Fsp3) is 0.333. The third-order valence-corrected chi connectivity index (χ3v) is 2.70. The van der Waals surface area contributed by atoms with E-state index < -0.39 is 0 Å². The van der Waals surface area contributed by atoms with E-state index in [0.29, 0.717) is 0 Å². The van der Waals surface area contributed by atoms with Crippen molar-refractivity contribution in [3.63, 3.8) is 0 Å². The summed E-state index contributed by atoms with van der Waals surface area (Å²) >= 11 is 1.42. The number of hydrogen-bond acceptors (Lipinski definition) is 3. The SMILES string of the molecule is C=CCC.CC.Cc1ccc(-c2cnns2)cc1. The average molecular weight is 262 g/mol. The van der Waals surface area contributed by atoms with Crippen molar-refractivity contribution in [1.82, 2.24) is 9.59 Å². The fourth-order valence-corrected chi connectivity index (χ4v) is 1.53. The van der Waals surface area contributed by atoms with E-state index in [1.807, 2.05) is 19.9 Å². The van der Waals surface area contributed by atoms with Crippen LogP contribution in [0.2, 0.25) is 0 Å². The molecule has 0 bridgehead atoms. The minimum absolute atomic E-state index is 1.08. The zero-order valence-electron chi connectivity index (χ0n) is 11.7. The zero-order valence-corrected chi connectivity index (χ0v) is 12.5. The Morgan fingerprint density at radius 1 is 1.22 bits per heavy atom. The van der Waals surface area contributed by atoms with E-state index in [4.69, 9.17) is 0 Å². The molecule has 0 spiro atoms. The average Bonchev–Trinajstić information content (AvgIpc) is 2.96. The van der Waals surface area contributed by atoms with Gasteiger partial charge in [-0.25, -0.2) is 0 Å². The monoisotopic (exact) mass is 262 g/mol. The predicted molar refractivity (Wildman–Crippen MR) is 81.9 cm³/mol. The summed E-state index contributed by atoms with van der Waals surface area (Å²) in [5, 5.41) is 3.79.